The summed E-state index contributed by atoms with van der Waals surface area (Å²) in [5, 5.41) is 0. The molecule has 2 aliphatic carbocycles. The number of rotatable bonds is 10. The Kier molecular flexibility index (Phi) is 8.71. The average Bonchev–Trinajstić information content (AvgIpc) is 3.19. The number of nitrogens with zero attached hydrogens (tertiary/aromatic N) is 1. The Bertz CT molecular complexity index is 838. The van der Waals surface area contributed by atoms with E-state index in [-0.39, 0.29) is 0 Å². The lowest BCUT2D eigenvalue weighted by Gasteiger charge is -2.49. The van der Waals surface area contributed by atoms with Gasteiger partial charge in [0.15, 0.2) is 8.32 Å². The van der Waals surface area contributed by atoms with Gasteiger partial charge in [-0.05, 0) is 85.5 Å². The number of hydrogen-bond donors (Lipinski definition) is 0. The van der Waals surface area contributed by atoms with Gasteiger partial charge in [-0.2, -0.15) is 0 Å². The molecule has 3 nitrogen and oxygen atoms in total. The van der Waals surface area contributed by atoms with E-state index >= 15 is 0 Å². The summed E-state index contributed by atoms with van der Waals surface area (Å²) >= 11 is 0. The summed E-state index contributed by atoms with van der Waals surface area (Å²) < 4.78 is 25.0. The summed E-state index contributed by atoms with van der Waals surface area (Å²) in [6, 6.07) is 13.6. The molecule has 0 saturated heterocycles. The molecular formula is C27H47NO2SSi. The van der Waals surface area contributed by atoms with Gasteiger partial charge in [0.2, 0.25) is 0 Å². The van der Waals surface area contributed by atoms with Gasteiger partial charge in [-0.15, -0.1) is 0 Å². The molecule has 2 saturated carbocycles. The van der Waals surface area contributed by atoms with Crippen LogP contribution in [0, 0.1) is 23.2 Å². The van der Waals surface area contributed by atoms with Crippen molar-refractivity contribution in [3.8, 4) is 0 Å². The molecule has 6 unspecified atom stereocenters. The van der Waals surface area contributed by atoms with E-state index in [0.29, 0.717) is 35.0 Å². The van der Waals surface area contributed by atoms with Crippen LogP contribution in [0.3, 0.4) is 0 Å². The summed E-state index contributed by atoms with van der Waals surface area (Å²) in [5.41, 5.74) is 0.370. The zero-order valence-electron chi connectivity index (χ0n) is 21.4. The minimum atomic E-state index is -2.32. The van der Waals surface area contributed by atoms with Gasteiger partial charge < -0.3 is 4.43 Å². The van der Waals surface area contributed by atoms with Crippen LogP contribution in [0.25, 0.3) is 0 Å². The van der Waals surface area contributed by atoms with Gasteiger partial charge >= 0.3 is 0 Å². The maximum Gasteiger partial charge on any atom is 0.192 e. The van der Waals surface area contributed by atoms with Gasteiger partial charge in [0, 0.05) is 23.8 Å². The van der Waals surface area contributed by atoms with Crippen molar-refractivity contribution in [1.29, 1.82) is 0 Å². The molecule has 5 heteroatoms. The Morgan fingerprint density at radius 2 is 1.78 bits per heavy atom. The Morgan fingerprint density at radius 1 is 1.12 bits per heavy atom. The lowest BCUT2D eigenvalue weighted by Crippen LogP contribution is -2.48. The van der Waals surface area contributed by atoms with Crippen LogP contribution in [0.1, 0.15) is 73.1 Å². The van der Waals surface area contributed by atoms with Crippen molar-refractivity contribution < 1.29 is 8.63 Å². The summed E-state index contributed by atoms with van der Waals surface area (Å²) in [7, 11) is -2.17. The van der Waals surface area contributed by atoms with E-state index in [9.17, 15) is 4.21 Å². The standard InChI is InChI=1S/C27H47NO2SSi/c1-7-32(8-2,9-3)30-26-16-13-20-27(5)24(17-18-25(26)27)22(4)19-21-31(29,28-6)23-14-11-10-12-15-23/h10-12,14-15,22,24-26H,7-9,13,16-21H2,1-6H3. The summed E-state index contributed by atoms with van der Waals surface area (Å²) in [4.78, 5) is 0.885. The SMILES string of the molecule is CC[Si](CC)(CC)OC1CCCC2(C)C(C(C)CCS(=O)(=NC)c3ccccc3)CCC12. The van der Waals surface area contributed by atoms with Crippen molar-refractivity contribution in [2.45, 2.75) is 102 Å². The van der Waals surface area contributed by atoms with Crippen molar-refractivity contribution in [2.75, 3.05) is 12.8 Å². The predicted octanol–water partition coefficient (Wildman–Crippen LogP) is 7.78. The number of hydrogen-bond acceptors (Lipinski definition) is 3. The zero-order chi connectivity index (χ0) is 23.4. The van der Waals surface area contributed by atoms with Gasteiger partial charge in [0.25, 0.3) is 0 Å². The second-order valence-corrected chi connectivity index (χ2v) is 17.9. The van der Waals surface area contributed by atoms with Crippen molar-refractivity contribution in [1.82, 2.24) is 0 Å². The van der Waals surface area contributed by atoms with Gasteiger partial charge in [0.05, 0.1) is 9.73 Å². The summed E-state index contributed by atoms with van der Waals surface area (Å²) in [6.45, 7) is 12.0. The maximum atomic E-state index is 13.6. The Labute approximate surface area is 199 Å². The first-order valence-electron chi connectivity index (χ1n) is 13.1. The first-order valence-corrected chi connectivity index (χ1v) is 17.3. The molecule has 3 rings (SSSR count). The third-order valence-electron chi connectivity index (χ3n) is 9.41. The monoisotopic (exact) mass is 477 g/mol. The van der Waals surface area contributed by atoms with Gasteiger partial charge in [-0.1, -0.05) is 59.2 Å². The normalized spacial score (nSPS) is 31.0. The molecule has 0 N–H and O–H groups in total. The molecule has 6 atom stereocenters. The highest BCUT2D eigenvalue weighted by atomic mass is 32.2. The Hall–Kier alpha value is -0.653. The molecule has 182 valence electrons. The van der Waals surface area contributed by atoms with E-state index in [1.54, 1.807) is 7.05 Å². The molecule has 2 aliphatic rings. The zero-order valence-corrected chi connectivity index (χ0v) is 23.3. The highest BCUT2D eigenvalue weighted by Crippen LogP contribution is 2.59. The average molecular weight is 478 g/mol. The minimum Gasteiger partial charge on any atom is -0.414 e. The maximum absolute atomic E-state index is 13.6. The summed E-state index contributed by atoms with van der Waals surface area (Å²) in [5.74, 6) is 2.65. The fourth-order valence-electron chi connectivity index (χ4n) is 7.05. The fraction of sp³-hybridized carbons (Fsp3) is 0.778. The molecule has 0 radical (unpaired) electrons. The highest BCUT2D eigenvalue weighted by molar-refractivity contribution is 7.93. The quantitative estimate of drug-likeness (QED) is 0.323. The van der Waals surface area contributed by atoms with E-state index in [0.717, 1.165) is 11.3 Å². The van der Waals surface area contributed by atoms with Crippen LogP contribution in [0.5, 0.6) is 0 Å². The highest BCUT2D eigenvalue weighted by Gasteiger charge is 2.53. The molecule has 0 aliphatic heterocycles. The molecule has 2 fully saturated rings. The molecule has 32 heavy (non-hydrogen) atoms. The van der Waals surface area contributed by atoms with Crippen LogP contribution >= 0.6 is 0 Å². The van der Waals surface area contributed by atoms with Crippen molar-refractivity contribution in [3.63, 3.8) is 0 Å². The number of benzene rings is 1. The predicted molar refractivity (Wildman–Crippen MR) is 140 cm³/mol. The first kappa shape index (κ1) is 26.0. The molecule has 0 heterocycles. The van der Waals surface area contributed by atoms with Crippen LogP contribution < -0.4 is 0 Å². The van der Waals surface area contributed by atoms with Crippen LogP contribution in [0.15, 0.2) is 39.6 Å². The van der Waals surface area contributed by atoms with Gasteiger partial charge in [-0.3, -0.25) is 0 Å². The van der Waals surface area contributed by atoms with Gasteiger partial charge in [-0.25, -0.2) is 8.57 Å². The fourth-order valence-corrected chi connectivity index (χ4v) is 11.9. The smallest absolute Gasteiger partial charge is 0.192 e. The van der Waals surface area contributed by atoms with Crippen molar-refractivity contribution in [3.05, 3.63) is 30.3 Å². The first-order chi connectivity index (χ1) is 15.3. The van der Waals surface area contributed by atoms with Crippen molar-refractivity contribution >= 4 is 18.0 Å². The molecule has 0 amide bonds. The topological polar surface area (TPSA) is 38.7 Å². The van der Waals surface area contributed by atoms with Crippen LogP contribution in [0.2, 0.25) is 18.1 Å². The molecule has 1 aromatic rings. The molecular weight excluding hydrogens is 430 g/mol. The molecule has 0 aromatic heterocycles. The van der Waals surface area contributed by atoms with E-state index < -0.39 is 18.0 Å². The molecule has 0 spiro atoms. The summed E-state index contributed by atoms with van der Waals surface area (Å²) in [6.07, 6.45) is 7.96. The van der Waals surface area contributed by atoms with E-state index in [2.05, 4.69) is 39.0 Å². The molecule has 0 bridgehead atoms. The number of fused-ring (bicyclic) bond motifs is 1. The van der Waals surface area contributed by atoms with Crippen molar-refractivity contribution in [2.24, 2.45) is 27.5 Å². The molecule has 1 aromatic carbocycles. The largest absolute Gasteiger partial charge is 0.414 e. The van der Waals surface area contributed by atoms with Gasteiger partial charge in [0.1, 0.15) is 0 Å². The van der Waals surface area contributed by atoms with E-state index in [1.807, 2.05) is 30.3 Å². The second kappa shape index (κ2) is 10.7. The Morgan fingerprint density at radius 3 is 2.38 bits per heavy atom. The minimum absolute atomic E-state index is 0.370. The third kappa shape index (κ3) is 5.05. The third-order valence-corrected chi connectivity index (χ3v) is 16.5. The van der Waals surface area contributed by atoms with Crippen LogP contribution in [0.4, 0.5) is 0 Å². The van der Waals surface area contributed by atoms with Crippen LogP contribution in [-0.2, 0) is 14.2 Å². The van der Waals surface area contributed by atoms with Crippen LogP contribution in [-0.4, -0.2) is 31.4 Å². The lowest BCUT2D eigenvalue weighted by atomic mass is 9.61. The lowest BCUT2D eigenvalue weighted by molar-refractivity contribution is -0.0196. The Balaban J connectivity index is 1.71. The van der Waals surface area contributed by atoms with E-state index in [4.69, 9.17) is 4.43 Å². The second-order valence-electron chi connectivity index (χ2n) is 10.7. The van der Waals surface area contributed by atoms with E-state index in [1.165, 1.54) is 50.2 Å².